The predicted octanol–water partition coefficient (Wildman–Crippen LogP) is 3.06. The Balaban J connectivity index is 1.87. The van der Waals surface area contributed by atoms with Gasteiger partial charge in [-0.25, -0.2) is 0 Å². The number of thiophene rings is 1. The van der Waals surface area contributed by atoms with Crippen molar-refractivity contribution in [3.8, 4) is 22.9 Å². The van der Waals surface area contributed by atoms with Gasteiger partial charge in [0.25, 0.3) is 0 Å². The topological polar surface area (TPSA) is 45.5 Å². The standard InChI is InChI=1S/C14H11NO2S/c15-6-12-5-10(9-18-12)13-3-1-2-4-14(13)17-8-11-7-16-11/h1-5,9,11H,7-8H2/t11-/m0/s1. The van der Waals surface area contributed by atoms with Crippen LogP contribution in [0.15, 0.2) is 35.7 Å². The number of para-hydroxylation sites is 1. The van der Waals surface area contributed by atoms with Crippen molar-refractivity contribution in [3.63, 3.8) is 0 Å². The number of epoxide rings is 1. The summed E-state index contributed by atoms with van der Waals surface area (Å²) in [6.45, 7) is 1.38. The molecule has 90 valence electrons. The fourth-order valence-electron chi connectivity index (χ4n) is 1.71. The highest BCUT2D eigenvalue weighted by atomic mass is 32.1. The largest absolute Gasteiger partial charge is 0.490 e. The molecule has 4 heteroatoms. The van der Waals surface area contributed by atoms with Crippen LogP contribution in [-0.2, 0) is 4.74 Å². The first kappa shape index (κ1) is 11.3. The summed E-state index contributed by atoms with van der Waals surface area (Å²) in [5.41, 5.74) is 2.06. The molecule has 0 spiro atoms. The van der Waals surface area contributed by atoms with Crippen LogP contribution in [0.1, 0.15) is 4.88 Å². The van der Waals surface area contributed by atoms with E-state index in [4.69, 9.17) is 14.7 Å². The fourth-order valence-corrected chi connectivity index (χ4v) is 2.41. The van der Waals surface area contributed by atoms with Crippen molar-refractivity contribution < 1.29 is 9.47 Å². The van der Waals surface area contributed by atoms with Gasteiger partial charge >= 0.3 is 0 Å². The van der Waals surface area contributed by atoms with E-state index in [0.29, 0.717) is 11.5 Å². The van der Waals surface area contributed by atoms with Gasteiger partial charge in [0.05, 0.1) is 6.61 Å². The third-order valence-corrected chi connectivity index (χ3v) is 3.57. The summed E-state index contributed by atoms with van der Waals surface area (Å²) in [5, 5.41) is 10.8. The Hall–Kier alpha value is -1.83. The van der Waals surface area contributed by atoms with E-state index in [2.05, 4.69) is 6.07 Å². The van der Waals surface area contributed by atoms with Gasteiger partial charge in [-0.3, -0.25) is 0 Å². The van der Waals surface area contributed by atoms with Crippen molar-refractivity contribution in [2.24, 2.45) is 0 Å². The number of benzene rings is 1. The summed E-state index contributed by atoms with van der Waals surface area (Å²) < 4.78 is 10.9. The Kier molecular flexibility index (Phi) is 3.01. The third kappa shape index (κ3) is 2.37. The van der Waals surface area contributed by atoms with Gasteiger partial charge in [0.2, 0.25) is 0 Å². The van der Waals surface area contributed by atoms with Crippen LogP contribution in [0, 0.1) is 11.3 Å². The van der Waals surface area contributed by atoms with Crippen molar-refractivity contribution in [3.05, 3.63) is 40.6 Å². The van der Waals surface area contributed by atoms with Crippen molar-refractivity contribution in [1.29, 1.82) is 5.26 Å². The SMILES string of the molecule is N#Cc1cc(-c2ccccc2OC[C@@H]2CO2)cs1. The Morgan fingerprint density at radius 1 is 1.44 bits per heavy atom. The van der Waals surface area contributed by atoms with E-state index in [1.807, 2.05) is 35.7 Å². The lowest BCUT2D eigenvalue weighted by molar-refractivity contribution is 0.264. The zero-order valence-electron chi connectivity index (χ0n) is 9.63. The molecule has 0 unspecified atom stereocenters. The lowest BCUT2D eigenvalue weighted by Gasteiger charge is -2.09. The number of nitrogens with zero attached hydrogens (tertiary/aromatic N) is 1. The molecule has 0 N–H and O–H groups in total. The number of hydrogen-bond donors (Lipinski definition) is 0. The van der Waals surface area contributed by atoms with Crippen molar-refractivity contribution in [2.75, 3.05) is 13.2 Å². The average Bonchev–Trinajstić information content (AvgIpc) is 3.12. The van der Waals surface area contributed by atoms with Crippen LogP contribution in [0.4, 0.5) is 0 Å². The van der Waals surface area contributed by atoms with Crippen LogP contribution in [-0.4, -0.2) is 19.3 Å². The molecule has 3 nitrogen and oxygen atoms in total. The quantitative estimate of drug-likeness (QED) is 0.791. The minimum Gasteiger partial charge on any atom is -0.490 e. The van der Waals surface area contributed by atoms with E-state index in [9.17, 15) is 0 Å². The highest BCUT2D eigenvalue weighted by molar-refractivity contribution is 7.10. The third-order valence-electron chi connectivity index (χ3n) is 2.73. The van der Waals surface area contributed by atoms with Crippen molar-refractivity contribution >= 4 is 11.3 Å². The van der Waals surface area contributed by atoms with E-state index in [1.165, 1.54) is 11.3 Å². The second-order valence-electron chi connectivity index (χ2n) is 4.07. The van der Waals surface area contributed by atoms with E-state index >= 15 is 0 Å². The van der Waals surface area contributed by atoms with Crippen LogP contribution in [0.2, 0.25) is 0 Å². The molecule has 1 atom stereocenters. The second kappa shape index (κ2) is 4.81. The first-order chi connectivity index (χ1) is 8.86. The maximum Gasteiger partial charge on any atom is 0.127 e. The summed E-state index contributed by atoms with van der Waals surface area (Å²) in [7, 11) is 0. The molecular weight excluding hydrogens is 246 g/mol. The molecule has 0 saturated carbocycles. The summed E-state index contributed by atoms with van der Waals surface area (Å²) in [6.07, 6.45) is 0.246. The maximum atomic E-state index is 8.86. The Morgan fingerprint density at radius 3 is 3.00 bits per heavy atom. The summed E-state index contributed by atoms with van der Waals surface area (Å²) >= 11 is 1.45. The smallest absolute Gasteiger partial charge is 0.127 e. The second-order valence-corrected chi connectivity index (χ2v) is 4.99. The summed E-state index contributed by atoms with van der Waals surface area (Å²) in [4.78, 5) is 0.713. The van der Waals surface area contributed by atoms with Gasteiger partial charge < -0.3 is 9.47 Å². The molecule has 0 amide bonds. The van der Waals surface area contributed by atoms with Crippen LogP contribution in [0.25, 0.3) is 11.1 Å². The first-order valence-electron chi connectivity index (χ1n) is 5.69. The van der Waals surface area contributed by atoms with Crippen LogP contribution < -0.4 is 4.74 Å². The first-order valence-corrected chi connectivity index (χ1v) is 6.57. The molecule has 1 saturated heterocycles. The van der Waals surface area contributed by atoms with Gasteiger partial charge in [-0.2, -0.15) is 5.26 Å². The highest BCUT2D eigenvalue weighted by Gasteiger charge is 2.23. The van der Waals surface area contributed by atoms with Gasteiger partial charge in [0.15, 0.2) is 0 Å². The number of hydrogen-bond acceptors (Lipinski definition) is 4. The molecule has 0 radical (unpaired) electrons. The van der Waals surface area contributed by atoms with Crippen molar-refractivity contribution in [2.45, 2.75) is 6.10 Å². The zero-order chi connectivity index (χ0) is 12.4. The van der Waals surface area contributed by atoms with Gasteiger partial charge in [-0.15, -0.1) is 11.3 Å². The molecule has 0 bridgehead atoms. The lowest BCUT2D eigenvalue weighted by atomic mass is 10.1. The van der Waals surface area contributed by atoms with Gasteiger partial charge in [0, 0.05) is 10.9 Å². The number of nitriles is 1. The summed E-state index contributed by atoms with van der Waals surface area (Å²) in [6, 6.07) is 11.9. The minimum absolute atomic E-state index is 0.246. The lowest BCUT2D eigenvalue weighted by Crippen LogP contribution is -2.04. The van der Waals surface area contributed by atoms with Crippen LogP contribution in [0.3, 0.4) is 0 Å². The summed E-state index contributed by atoms with van der Waals surface area (Å²) in [5.74, 6) is 0.843. The van der Waals surface area contributed by atoms with Gasteiger partial charge in [-0.05, 0) is 17.7 Å². The van der Waals surface area contributed by atoms with Crippen LogP contribution >= 0.6 is 11.3 Å². The Bertz CT molecular complexity index is 596. The van der Waals surface area contributed by atoms with E-state index < -0.39 is 0 Å². The van der Waals surface area contributed by atoms with E-state index in [-0.39, 0.29) is 6.10 Å². The normalized spacial score (nSPS) is 17.2. The van der Waals surface area contributed by atoms with Crippen molar-refractivity contribution in [1.82, 2.24) is 0 Å². The molecule has 2 heterocycles. The minimum atomic E-state index is 0.246. The molecule has 1 fully saturated rings. The molecule has 1 aromatic carbocycles. The number of rotatable bonds is 4. The van der Waals surface area contributed by atoms with Crippen LogP contribution in [0.5, 0.6) is 5.75 Å². The van der Waals surface area contributed by atoms with E-state index in [1.54, 1.807) is 0 Å². The fraction of sp³-hybridized carbons (Fsp3) is 0.214. The highest BCUT2D eigenvalue weighted by Crippen LogP contribution is 2.33. The maximum absolute atomic E-state index is 8.86. The molecule has 2 aromatic rings. The zero-order valence-corrected chi connectivity index (χ0v) is 10.4. The van der Waals surface area contributed by atoms with E-state index in [0.717, 1.165) is 23.5 Å². The molecule has 0 aliphatic carbocycles. The molecular formula is C14H11NO2S. The monoisotopic (exact) mass is 257 g/mol. The predicted molar refractivity (Wildman–Crippen MR) is 69.7 cm³/mol. The molecule has 1 aromatic heterocycles. The van der Waals surface area contributed by atoms with Gasteiger partial charge in [-0.1, -0.05) is 18.2 Å². The Morgan fingerprint density at radius 2 is 2.28 bits per heavy atom. The molecule has 1 aliphatic heterocycles. The number of ether oxygens (including phenoxy) is 2. The Labute approximate surface area is 109 Å². The molecule has 1 aliphatic rings. The van der Waals surface area contributed by atoms with Gasteiger partial charge in [0.1, 0.15) is 29.4 Å². The molecule has 18 heavy (non-hydrogen) atoms. The molecule has 3 rings (SSSR count). The average molecular weight is 257 g/mol.